The van der Waals surface area contributed by atoms with Gasteiger partial charge in [-0.2, -0.15) is 0 Å². The minimum Gasteiger partial charge on any atom is -0.392 e. The number of hydrogen-bond acceptors (Lipinski definition) is 3. The molecule has 0 saturated carbocycles. The van der Waals surface area contributed by atoms with Crippen molar-refractivity contribution in [3.63, 3.8) is 0 Å². The van der Waals surface area contributed by atoms with E-state index in [1.165, 1.54) is 11.9 Å². The third kappa shape index (κ3) is 4.45. The molecule has 2 N–H and O–H groups in total. The Kier molecular flexibility index (Phi) is 5.88. The predicted molar refractivity (Wildman–Crippen MR) is 73.4 cm³/mol. The first kappa shape index (κ1) is 16.4. The molecule has 1 aromatic carbocycles. The highest BCUT2D eigenvalue weighted by Gasteiger charge is 2.17. The molecule has 1 rings (SSSR count). The lowest BCUT2D eigenvalue weighted by Crippen LogP contribution is -2.37. The molecule has 1 amide bonds. The van der Waals surface area contributed by atoms with Crippen molar-refractivity contribution in [3.8, 4) is 0 Å². The second kappa shape index (κ2) is 7.19. The molecular formula is C14H20F2N2O2. The first-order valence-corrected chi connectivity index (χ1v) is 6.41. The third-order valence-electron chi connectivity index (χ3n) is 2.73. The van der Waals surface area contributed by atoms with Gasteiger partial charge in [-0.3, -0.25) is 4.79 Å². The number of rotatable bonds is 6. The van der Waals surface area contributed by atoms with E-state index in [1.54, 1.807) is 0 Å². The predicted octanol–water partition coefficient (Wildman–Crippen LogP) is 1.67. The van der Waals surface area contributed by atoms with E-state index in [0.29, 0.717) is 12.5 Å². The van der Waals surface area contributed by atoms with Gasteiger partial charge in [0.15, 0.2) is 0 Å². The number of hydrogen-bond donors (Lipinski definition) is 2. The lowest BCUT2D eigenvalue weighted by Gasteiger charge is -2.21. The third-order valence-corrected chi connectivity index (χ3v) is 2.73. The number of nitrogens with one attached hydrogen (secondary N) is 1. The molecule has 112 valence electrons. The summed E-state index contributed by atoms with van der Waals surface area (Å²) in [4.78, 5) is 12.8. The molecule has 1 aromatic rings. The molecule has 6 heteroatoms. The Hall–Kier alpha value is -1.69. The lowest BCUT2D eigenvalue weighted by atomic mass is 10.2. The van der Waals surface area contributed by atoms with Crippen molar-refractivity contribution in [1.29, 1.82) is 0 Å². The van der Waals surface area contributed by atoms with Crippen LogP contribution in [0.4, 0.5) is 14.5 Å². The van der Waals surface area contributed by atoms with E-state index >= 15 is 0 Å². The zero-order valence-electron chi connectivity index (χ0n) is 11.9. The van der Waals surface area contributed by atoms with Gasteiger partial charge < -0.3 is 15.3 Å². The lowest BCUT2D eigenvalue weighted by molar-refractivity contribution is -0.119. The van der Waals surface area contributed by atoms with E-state index in [0.717, 1.165) is 12.1 Å². The van der Waals surface area contributed by atoms with Crippen LogP contribution in [-0.2, 0) is 11.4 Å². The van der Waals surface area contributed by atoms with Gasteiger partial charge >= 0.3 is 0 Å². The maximum atomic E-state index is 13.8. The fourth-order valence-corrected chi connectivity index (χ4v) is 1.74. The van der Waals surface area contributed by atoms with Crippen molar-refractivity contribution in [3.05, 3.63) is 29.3 Å². The van der Waals surface area contributed by atoms with Crippen molar-refractivity contribution in [2.45, 2.75) is 20.5 Å². The molecule has 0 aliphatic heterocycles. The summed E-state index contributed by atoms with van der Waals surface area (Å²) in [5.74, 6) is -1.59. The van der Waals surface area contributed by atoms with E-state index in [9.17, 15) is 13.6 Å². The number of carbonyl (C=O) groups excluding carboxylic acids is 1. The zero-order valence-corrected chi connectivity index (χ0v) is 11.9. The minimum atomic E-state index is -0.798. The average Bonchev–Trinajstić information content (AvgIpc) is 2.35. The molecule has 0 saturated heterocycles. The smallest absolute Gasteiger partial charge is 0.239 e. The molecule has 0 aliphatic carbocycles. The number of likely N-dealkylation sites (N-methyl/N-ethyl adjacent to an activating group) is 1. The van der Waals surface area contributed by atoms with Crippen molar-refractivity contribution < 1.29 is 18.7 Å². The molecule has 0 aliphatic rings. The standard InChI is InChI=1S/C14H20F2N2O2/c1-9(2)6-17-13(20)7-18(3)14-11(15)4-10(8-19)5-12(14)16/h4-5,9,19H,6-8H2,1-3H3,(H,17,20). The van der Waals surface area contributed by atoms with Crippen molar-refractivity contribution in [2.75, 3.05) is 25.0 Å². The van der Waals surface area contributed by atoms with E-state index in [2.05, 4.69) is 5.32 Å². The Morgan fingerprint density at radius 3 is 2.35 bits per heavy atom. The normalized spacial score (nSPS) is 10.8. The maximum Gasteiger partial charge on any atom is 0.239 e. The highest BCUT2D eigenvalue weighted by atomic mass is 19.1. The summed E-state index contributed by atoms with van der Waals surface area (Å²) >= 11 is 0. The van der Waals surface area contributed by atoms with Crippen molar-refractivity contribution >= 4 is 11.6 Å². The number of amides is 1. The second-order valence-electron chi connectivity index (χ2n) is 5.12. The number of nitrogens with zero attached hydrogens (tertiary/aromatic N) is 1. The molecule has 0 aromatic heterocycles. The van der Waals surface area contributed by atoms with Gasteiger partial charge in [0.2, 0.25) is 5.91 Å². The van der Waals surface area contributed by atoms with Crippen molar-refractivity contribution in [1.82, 2.24) is 5.32 Å². The minimum absolute atomic E-state index is 0.140. The topological polar surface area (TPSA) is 52.6 Å². The summed E-state index contributed by atoms with van der Waals surface area (Å²) in [5.41, 5.74) is -0.122. The van der Waals surface area contributed by atoms with Crippen LogP contribution in [0.2, 0.25) is 0 Å². The number of halogens is 2. The fraction of sp³-hybridized carbons (Fsp3) is 0.500. The van der Waals surface area contributed by atoms with Crippen LogP contribution in [0, 0.1) is 17.6 Å². The molecule has 0 radical (unpaired) electrons. The monoisotopic (exact) mass is 286 g/mol. The summed E-state index contributed by atoms with van der Waals surface area (Å²) in [6.45, 7) is 3.85. The first-order chi connectivity index (χ1) is 9.35. The second-order valence-corrected chi connectivity index (χ2v) is 5.12. The summed E-state index contributed by atoms with van der Waals surface area (Å²) < 4.78 is 27.6. The average molecular weight is 286 g/mol. The molecule has 0 bridgehead atoms. The maximum absolute atomic E-state index is 13.8. The molecule has 0 spiro atoms. The number of benzene rings is 1. The molecule has 0 heterocycles. The molecule has 20 heavy (non-hydrogen) atoms. The van der Waals surface area contributed by atoms with Crippen LogP contribution in [0.25, 0.3) is 0 Å². The van der Waals surface area contributed by atoms with Gasteiger partial charge in [-0.15, -0.1) is 0 Å². The molecular weight excluding hydrogens is 266 g/mol. The molecule has 0 unspecified atom stereocenters. The van der Waals surface area contributed by atoms with Crippen LogP contribution in [0.15, 0.2) is 12.1 Å². The fourth-order valence-electron chi connectivity index (χ4n) is 1.74. The summed E-state index contributed by atoms with van der Waals surface area (Å²) in [5, 5.41) is 11.6. The van der Waals surface area contributed by atoms with Gasteiger partial charge in [-0.25, -0.2) is 8.78 Å². The SMILES string of the molecule is CC(C)CNC(=O)CN(C)c1c(F)cc(CO)cc1F. The molecule has 4 nitrogen and oxygen atoms in total. The van der Waals surface area contributed by atoms with E-state index in [4.69, 9.17) is 5.11 Å². The van der Waals surface area contributed by atoms with Crippen LogP contribution in [0.3, 0.4) is 0 Å². The van der Waals surface area contributed by atoms with Crippen LogP contribution < -0.4 is 10.2 Å². The van der Waals surface area contributed by atoms with Gasteiger partial charge in [0, 0.05) is 13.6 Å². The Bertz CT molecular complexity index is 455. The van der Waals surface area contributed by atoms with Gasteiger partial charge in [0.1, 0.15) is 17.3 Å². The highest BCUT2D eigenvalue weighted by Crippen LogP contribution is 2.24. The summed E-state index contributed by atoms with van der Waals surface area (Å²) in [6, 6.07) is 2.11. The van der Waals surface area contributed by atoms with Crippen LogP contribution in [0.1, 0.15) is 19.4 Å². The van der Waals surface area contributed by atoms with Gasteiger partial charge in [-0.1, -0.05) is 13.8 Å². The Labute approximate surface area is 117 Å². The van der Waals surface area contributed by atoms with E-state index in [-0.39, 0.29) is 23.7 Å². The molecule has 0 atom stereocenters. The number of aliphatic hydroxyl groups is 1. The Morgan fingerprint density at radius 1 is 1.35 bits per heavy atom. The van der Waals surface area contributed by atoms with Crippen molar-refractivity contribution in [2.24, 2.45) is 5.92 Å². The van der Waals surface area contributed by atoms with Gasteiger partial charge in [-0.05, 0) is 23.6 Å². The Morgan fingerprint density at radius 2 is 1.90 bits per heavy atom. The molecule has 0 fully saturated rings. The summed E-state index contributed by atoms with van der Waals surface area (Å²) in [7, 11) is 1.44. The highest BCUT2D eigenvalue weighted by molar-refractivity contribution is 5.81. The van der Waals surface area contributed by atoms with E-state index < -0.39 is 18.2 Å². The van der Waals surface area contributed by atoms with Crippen LogP contribution in [0.5, 0.6) is 0 Å². The Balaban J connectivity index is 2.77. The quantitative estimate of drug-likeness (QED) is 0.836. The van der Waals surface area contributed by atoms with Gasteiger partial charge in [0.05, 0.1) is 13.2 Å². The first-order valence-electron chi connectivity index (χ1n) is 6.41. The number of anilines is 1. The zero-order chi connectivity index (χ0) is 15.3. The largest absolute Gasteiger partial charge is 0.392 e. The van der Waals surface area contributed by atoms with E-state index in [1.807, 2.05) is 13.8 Å². The number of carbonyl (C=O) groups is 1. The number of aliphatic hydroxyl groups excluding tert-OH is 1. The summed E-state index contributed by atoms with van der Waals surface area (Å²) in [6.07, 6.45) is 0. The van der Waals surface area contributed by atoms with Gasteiger partial charge in [0.25, 0.3) is 0 Å². The van der Waals surface area contributed by atoms with Crippen LogP contribution >= 0.6 is 0 Å². The van der Waals surface area contributed by atoms with Crippen LogP contribution in [-0.4, -0.2) is 31.2 Å².